The number of hydrogen-bond acceptors (Lipinski definition) is 4. The molecule has 0 saturated carbocycles. The van der Waals surface area contributed by atoms with E-state index in [2.05, 4.69) is 4.72 Å². The fraction of sp³-hybridized carbons (Fsp3) is 0.462. The highest BCUT2D eigenvalue weighted by Gasteiger charge is 2.11. The van der Waals surface area contributed by atoms with Gasteiger partial charge in [0.15, 0.2) is 0 Å². The van der Waals surface area contributed by atoms with E-state index in [4.69, 9.17) is 9.84 Å². The smallest absolute Gasteiger partial charge is 0.335 e. The summed E-state index contributed by atoms with van der Waals surface area (Å²) < 4.78 is 31.0. The number of carboxylic acid groups (broad SMARTS) is 1. The third kappa shape index (κ3) is 6.14. The molecule has 0 atom stereocenters. The molecule has 0 fully saturated rings. The molecule has 0 heterocycles. The van der Waals surface area contributed by atoms with Crippen LogP contribution >= 0.6 is 0 Å². The SMILES string of the molecule is COCCCCNS(=O)(=O)Cc1ccc(C(=O)O)cc1. The number of carboxylic acids is 1. The van der Waals surface area contributed by atoms with Gasteiger partial charge in [-0.1, -0.05) is 12.1 Å². The van der Waals surface area contributed by atoms with Crippen LogP contribution in [0.25, 0.3) is 0 Å². The van der Waals surface area contributed by atoms with Crippen molar-refractivity contribution in [1.29, 1.82) is 0 Å². The van der Waals surface area contributed by atoms with Gasteiger partial charge in [0.2, 0.25) is 10.0 Å². The number of sulfonamides is 1. The van der Waals surface area contributed by atoms with Crippen LogP contribution in [-0.2, 0) is 20.5 Å². The Hall–Kier alpha value is -1.44. The van der Waals surface area contributed by atoms with Crippen LogP contribution in [0.3, 0.4) is 0 Å². The monoisotopic (exact) mass is 301 g/mol. The second-order valence-corrected chi connectivity index (χ2v) is 6.16. The number of hydrogen-bond donors (Lipinski definition) is 2. The van der Waals surface area contributed by atoms with E-state index in [0.717, 1.165) is 6.42 Å². The summed E-state index contributed by atoms with van der Waals surface area (Å²) in [5.41, 5.74) is 0.693. The van der Waals surface area contributed by atoms with Crippen LogP contribution in [0.15, 0.2) is 24.3 Å². The van der Waals surface area contributed by atoms with Gasteiger partial charge in [0.1, 0.15) is 0 Å². The minimum absolute atomic E-state index is 0.138. The number of aromatic carboxylic acids is 1. The largest absolute Gasteiger partial charge is 0.478 e. The second-order valence-electron chi connectivity index (χ2n) is 4.36. The Morgan fingerprint density at radius 3 is 2.45 bits per heavy atom. The lowest BCUT2D eigenvalue weighted by atomic mass is 10.1. The van der Waals surface area contributed by atoms with Gasteiger partial charge in [0, 0.05) is 20.3 Å². The van der Waals surface area contributed by atoms with Crippen LogP contribution in [0.1, 0.15) is 28.8 Å². The fourth-order valence-corrected chi connectivity index (χ4v) is 2.80. The van der Waals surface area contributed by atoms with Crippen LogP contribution in [0, 0.1) is 0 Å². The van der Waals surface area contributed by atoms with E-state index in [0.29, 0.717) is 25.1 Å². The van der Waals surface area contributed by atoms with Crippen LogP contribution < -0.4 is 4.72 Å². The number of nitrogens with one attached hydrogen (secondary N) is 1. The Kier molecular flexibility index (Phi) is 6.63. The van der Waals surface area contributed by atoms with Crippen molar-refractivity contribution < 1.29 is 23.1 Å². The molecule has 0 aliphatic carbocycles. The Balaban J connectivity index is 2.47. The van der Waals surface area contributed by atoms with Crippen molar-refractivity contribution >= 4 is 16.0 Å². The number of methoxy groups -OCH3 is 1. The Morgan fingerprint density at radius 2 is 1.90 bits per heavy atom. The summed E-state index contributed by atoms with van der Waals surface area (Å²) in [4.78, 5) is 10.7. The van der Waals surface area contributed by atoms with Crippen LogP contribution in [-0.4, -0.2) is 39.8 Å². The zero-order valence-electron chi connectivity index (χ0n) is 11.3. The van der Waals surface area contributed by atoms with E-state index < -0.39 is 16.0 Å². The molecular weight excluding hydrogens is 282 g/mol. The van der Waals surface area contributed by atoms with Gasteiger partial charge in [-0.15, -0.1) is 0 Å². The first-order chi connectivity index (χ1) is 9.44. The predicted octanol–water partition coefficient (Wildman–Crippen LogP) is 1.23. The average Bonchev–Trinajstić information content (AvgIpc) is 2.38. The summed E-state index contributed by atoms with van der Waals surface area (Å²) in [5, 5.41) is 8.75. The molecule has 1 rings (SSSR count). The maximum atomic E-state index is 11.8. The normalized spacial score (nSPS) is 11.4. The molecule has 1 aromatic carbocycles. The molecule has 0 unspecified atom stereocenters. The Labute approximate surface area is 118 Å². The lowest BCUT2D eigenvalue weighted by Gasteiger charge is -2.07. The van der Waals surface area contributed by atoms with Gasteiger partial charge in [0.05, 0.1) is 11.3 Å². The van der Waals surface area contributed by atoms with Gasteiger partial charge < -0.3 is 9.84 Å². The summed E-state index contributed by atoms with van der Waals surface area (Å²) in [6.07, 6.45) is 1.51. The van der Waals surface area contributed by atoms with Crippen molar-refractivity contribution in [2.24, 2.45) is 0 Å². The number of benzene rings is 1. The lowest BCUT2D eigenvalue weighted by molar-refractivity contribution is 0.0697. The molecule has 0 saturated heterocycles. The molecule has 0 radical (unpaired) electrons. The first kappa shape index (κ1) is 16.6. The first-order valence-corrected chi connectivity index (χ1v) is 7.88. The molecular formula is C13H19NO5S. The highest BCUT2D eigenvalue weighted by atomic mass is 32.2. The summed E-state index contributed by atoms with van der Waals surface area (Å²) in [5.74, 6) is -1.19. The van der Waals surface area contributed by atoms with E-state index >= 15 is 0 Å². The molecule has 0 spiro atoms. The molecule has 7 heteroatoms. The van der Waals surface area contributed by atoms with Crippen molar-refractivity contribution in [2.45, 2.75) is 18.6 Å². The molecule has 0 aromatic heterocycles. The molecule has 6 nitrogen and oxygen atoms in total. The first-order valence-electron chi connectivity index (χ1n) is 6.23. The van der Waals surface area contributed by atoms with Gasteiger partial charge in [0.25, 0.3) is 0 Å². The lowest BCUT2D eigenvalue weighted by Crippen LogP contribution is -2.26. The van der Waals surface area contributed by atoms with Crippen molar-refractivity contribution in [3.8, 4) is 0 Å². The second kappa shape index (κ2) is 7.98. The number of carbonyl (C=O) groups is 1. The number of unbranched alkanes of at least 4 members (excludes halogenated alkanes) is 1. The van der Waals surface area contributed by atoms with Gasteiger partial charge >= 0.3 is 5.97 Å². The van der Waals surface area contributed by atoms with E-state index in [9.17, 15) is 13.2 Å². The van der Waals surface area contributed by atoms with E-state index in [-0.39, 0.29) is 11.3 Å². The van der Waals surface area contributed by atoms with E-state index in [1.807, 2.05) is 0 Å². The molecule has 112 valence electrons. The fourth-order valence-electron chi connectivity index (χ4n) is 1.61. The molecule has 0 amide bonds. The highest BCUT2D eigenvalue weighted by Crippen LogP contribution is 2.08. The summed E-state index contributed by atoms with van der Waals surface area (Å²) in [6.45, 7) is 0.983. The minimum atomic E-state index is -3.39. The quantitative estimate of drug-likeness (QED) is 0.669. The number of ether oxygens (including phenoxy) is 1. The van der Waals surface area contributed by atoms with Gasteiger partial charge in [-0.25, -0.2) is 17.9 Å². The molecule has 0 bridgehead atoms. The standard InChI is InChI=1S/C13H19NO5S/c1-19-9-3-2-8-14-20(17,18)10-11-4-6-12(7-5-11)13(15)16/h4-7,14H,2-3,8-10H2,1H3,(H,15,16). The van der Waals surface area contributed by atoms with Crippen molar-refractivity contribution in [1.82, 2.24) is 4.72 Å². The predicted molar refractivity (Wildman–Crippen MR) is 75.1 cm³/mol. The van der Waals surface area contributed by atoms with Gasteiger partial charge in [-0.3, -0.25) is 0 Å². The summed E-state index contributed by atoms with van der Waals surface area (Å²) in [6, 6.07) is 5.80. The summed E-state index contributed by atoms with van der Waals surface area (Å²) >= 11 is 0. The summed E-state index contributed by atoms with van der Waals surface area (Å²) in [7, 11) is -1.79. The van der Waals surface area contributed by atoms with Crippen molar-refractivity contribution in [3.63, 3.8) is 0 Å². The van der Waals surface area contributed by atoms with Gasteiger partial charge in [-0.2, -0.15) is 0 Å². The van der Waals surface area contributed by atoms with Gasteiger partial charge in [-0.05, 0) is 30.5 Å². The van der Waals surface area contributed by atoms with Crippen LogP contribution in [0.2, 0.25) is 0 Å². The molecule has 20 heavy (non-hydrogen) atoms. The maximum Gasteiger partial charge on any atom is 0.335 e. The van der Waals surface area contributed by atoms with Crippen molar-refractivity contribution in [3.05, 3.63) is 35.4 Å². The Morgan fingerprint density at radius 1 is 1.25 bits per heavy atom. The zero-order valence-corrected chi connectivity index (χ0v) is 12.1. The van der Waals surface area contributed by atoms with E-state index in [1.54, 1.807) is 7.11 Å². The Bertz CT molecular complexity index is 524. The van der Waals surface area contributed by atoms with E-state index in [1.165, 1.54) is 24.3 Å². The third-order valence-corrected chi connectivity index (χ3v) is 4.01. The molecule has 1 aromatic rings. The van der Waals surface area contributed by atoms with Crippen LogP contribution in [0.4, 0.5) is 0 Å². The minimum Gasteiger partial charge on any atom is -0.478 e. The molecule has 0 aliphatic rings. The molecule has 0 aliphatic heterocycles. The van der Waals surface area contributed by atoms with Crippen LogP contribution in [0.5, 0.6) is 0 Å². The zero-order chi connectivity index (χ0) is 15.0. The third-order valence-electron chi connectivity index (χ3n) is 2.65. The number of rotatable bonds is 9. The van der Waals surface area contributed by atoms with Crippen molar-refractivity contribution in [2.75, 3.05) is 20.3 Å². The highest BCUT2D eigenvalue weighted by molar-refractivity contribution is 7.88. The average molecular weight is 301 g/mol. The maximum absolute atomic E-state index is 11.8. The topological polar surface area (TPSA) is 92.7 Å². The molecule has 2 N–H and O–H groups in total.